The summed E-state index contributed by atoms with van der Waals surface area (Å²) in [5.41, 5.74) is -0.0393. The van der Waals surface area contributed by atoms with Gasteiger partial charge in [-0.1, -0.05) is 76.8 Å². The van der Waals surface area contributed by atoms with Gasteiger partial charge in [0, 0.05) is 13.1 Å². The number of alkyl carbamates (subject to hydrolysis) is 1. The van der Waals surface area contributed by atoms with Gasteiger partial charge in [-0.05, 0) is 68.8 Å². The van der Waals surface area contributed by atoms with Crippen molar-refractivity contribution in [1.82, 2.24) is 26.2 Å². The molecule has 0 bridgehead atoms. The first-order valence-corrected chi connectivity index (χ1v) is 17.4. The third kappa shape index (κ3) is 9.14. The van der Waals surface area contributed by atoms with E-state index in [-0.39, 0.29) is 48.6 Å². The van der Waals surface area contributed by atoms with Gasteiger partial charge in [-0.15, -0.1) is 0 Å². The number of carbonyl (C=O) groups is 6. The minimum Gasteiger partial charge on any atom is -0.444 e. The highest BCUT2D eigenvalue weighted by molar-refractivity contribution is 6.38. The fourth-order valence-electron chi connectivity index (χ4n) is 7.35. The Morgan fingerprint density at radius 2 is 1.62 bits per heavy atom. The number of rotatable bonds is 13. The molecule has 1 aromatic carbocycles. The smallest absolute Gasteiger partial charge is 0.408 e. The van der Waals surface area contributed by atoms with Gasteiger partial charge < -0.3 is 30.9 Å². The van der Waals surface area contributed by atoms with E-state index in [2.05, 4.69) is 35.1 Å². The quantitative estimate of drug-likeness (QED) is 0.235. The van der Waals surface area contributed by atoms with Crippen molar-refractivity contribution >= 4 is 35.5 Å². The van der Waals surface area contributed by atoms with Crippen molar-refractivity contribution in [2.75, 3.05) is 13.1 Å². The molecule has 5 amide bonds. The summed E-state index contributed by atoms with van der Waals surface area (Å²) in [6, 6.07) is 6.46. The van der Waals surface area contributed by atoms with Crippen LogP contribution in [0.15, 0.2) is 30.3 Å². The molecule has 0 radical (unpaired) electrons. The lowest BCUT2D eigenvalue weighted by atomic mass is 9.83. The molecular formula is C36H53N5O7. The second-order valence-corrected chi connectivity index (χ2v) is 15.1. The van der Waals surface area contributed by atoms with Gasteiger partial charge in [0.2, 0.25) is 23.5 Å². The van der Waals surface area contributed by atoms with Gasteiger partial charge in [0.25, 0.3) is 5.91 Å². The average molecular weight is 668 g/mol. The second-order valence-electron chi connectivity index (χ2n) is 15.1. The normalized spacial score (nSPS) is 22.8. The largest absolute Gasteiger partial charge is 0.444 e. The first-order chi connectivity index (χ1) is 22.6. The molecule has 4 N–H and O–H groups in total. The van der Waals surface area contributed by atoms with Crippen molar-refractivity contribution in [3.8, 4) is 0 Å². The highest BCUT2D eigenvalue weighted by Gasteiger charge is 2.69. The van der Waals surface area contributed by atoms with Gasteiger partial charge in [0.15, 0.2) is 0 Å². The number of nitrogens with zero attached hydrogens (tertiary/aromatic N) is 1. The zero-order chi connectivity index (χ0) is 35.2. The number of carbonyl (C=O) groups excluding carboxylic acids is 6. The molecule has 1 heterocycles. The number of likely N-dealkylation sites (tertiary alicyclic amines) is 1. The van der Waals surface area contributed by atoms with E-state index < -0.39 is 53.3 Å². The fourth-order valence-corrected chi connectivity index (χ4v) is 7.35. The number of fused-ring (bicyclic) bond motifs is 1. The number of ether oxygens (including phenoxy) is 1. The summed E-state index contributed by atoms with van der Waals surface area (Å²) in [5, 5.41) is 10.7. The molecule has 3 aliphatic rings. The standard InChI is InChI=1S/C36H53N5O7/c1-7-14-25(30(43)32(45)38-20-26(42)37-19-22-15-10-8-11-16-22)39-31(44)29-27-24(36(27,5)6)21-41(29)33(46)28(23-17-12-9-13-18-23)40-34(47)48-35(2,3)4/h8,10-11,15-16,23-25,27-29H,7,9,12-14,17-21H2,1-6H3,(H,37,42)(H,38,45)(H,39,44)(H,40,47)/t24-,25?,27-,28-,29-/m0/s1. The van der Waals surface area contributed by atoms with Crippen LogP contribution in [-0.2, 0) is 35.3 Å². The molecule has 0 spiro atoms. The van der Waals surface area contributed by atoms with Gasteiger partial charge in [0.05, 0.1) is 12.6 Å². The van der Waals surface area contributed by atoms with E-state index >= 15 is 0 Å². The van der Waals surface area contributed by atoms with Crippen LogP contribution in [0.5, 0.6) is 0 Å². The molecular weight excluding hydrogens is 614 g/mol. The zero-order valence-electron chi connectivity index (χ0n) is 29.2. The zero-order valence-corrected chi connectivity index (χ0v) is 29.2. The number of Topliss-reactive ketones (excluding diaryl/α,β-unsaturated/α-hetero) is 1. The molecule has 0 aromatic heterocycles. The second kappa shape index (κ2) is 15.5. The molecule has 2 aliphatic carbocycles. The van der Waals surface area contributed by atoms with Crippen LogP contribution < -0.4 is 21.3 Å². The van der Waals surface area contributed by atoms with Crippen LogP contribution >= 0.6 is 0 Å². The number of benzene rings is 1. The highest BCUT2D eigenvalue weighted by atomic mass is 16.6. The summed E-state index contributed by atoms with van der Waals surface area (Å²) in [7, 11) is 0. The van der Waals surface area contributed by atoms with Crippen molar-refractivity contribution in [3.63, 3.8) is 0 Å². The van der Waals surface area contributed by atoms with Crippen LogP contribution in [-0.4, -0.2) is 77.2 Å². The topological polar surface area (TPSA) is 163 Å². The molecule has 12 nitrogen and oxygen atoms in total. The van der Waals surface area contributed by atoms with E-state index in [1.165, 1.54) is 0 Å². The Balaban J connectivity index is 1.44. The van der Waals surface area contributed by atoms with Crippen LogP contribution in [0, 0.1) is 23.2 Å². The SMILES string of the molecule is CCCC(NC(=O)[C@@H]1[C@@H]2[C@H](CN1C(=O)[C@@H](NC(=O)OC(C)(C)C)C1CCCCC1)C2(C)C)C(=O)C(=O)NCC(=O)NCc1ccccc1. The third-order valence-corrected chi connectivity index (χ3v) is 10.00. The predicted molar refractivity (Wildman–Crippen MR) is 179 cm³/mol. The van der Waals surface area contributed by atoms with Crippen molar-refractivity contribution in [3.05, 3.63) is 35.9 Å². The number of piperidine rings is 1. The molecule has 1 aliphatic heterocycles. The Morgan fingerprint density at radius 3 is 2.25 bits per heavy atom. The minimum absolute atomic E-state index is 0.0868. The summed E-state index contributed by atoms with van der Waals surface area (Å²) in [5.74, 6) is -3.23. The first-order valence-electron chi connectivity index (χ1n) is 17.4. The molecule has 3 fully saturated rings. The van der Waals surface area contributed by atoms with Gasteiger partial charge in [0.1, 0.15) is 17.7 Å². The number of ketones is 1. The lowest BCUT2D eigenvalue weighted by molar-refractivity contribution is -0.145. The van der Waals surface area contributed by atoms with Crippen molar-refractivity contribution in [2.45, 2.75) is 117 Å². The molecule has 2 saturated carbocycles. The number of hydrogen-bond donors (Lipinski definition) is 4. The van der Waals surface area contributed by atoms with Gasteiger partial charge in [-0.2, -0.15) is 0 Å². The van der Waals surface area contributed by atoms with E-state index in [9.17, 15) is 28.8 Å². The highest BCUT2D eigenvalue weighted by Crippen LogP contribution is 2.65. The summed E-state index contributed by atoms with van der Waals surface area (Å²) in [4.78, 5) is 81.2. The Kier molecular flexibility index (Phi) is 11.9. The summed E-state index contributed by atoms with van der Waals surface area (Å²) < 4.78 is 5.51. The van der Waals surface area contributed by atoms with Crippen LogP contribution in [0.1, 0.15) is 92.1 Å². The maximum atomic E-state index is 14.3. The Bertz CT molecular complexity index is 1350. The van der Waals surface area contributed by atoms with E-state index in [1.54, 1.807) is 25.7 Å². The van der Waals surface area contributed by atoms with Gasteiger partial charge in [-0.25, -0.2) is 4.79 Å². The van der Waals surface area contributed by atoms with E-state index in [0.29, 0.717) is 13.0 Å². The molecule has 1 saturated heterocycles. The summed E-state index contributed by atoms with van der Waals surface area (Å²) in [6.07, 6.45) is 4.57. The minimum atomic E-state index is -1.12. The maximum Gasteiger partial charge on any atom is 0.408 e. The monoisotopic (exact) mass is 667 g/mol. The molecule has 1 unspecified atom stereocenters. The van der Waals surface area contributed by atoms with Crippen LogP contribution in [0.4, 0.5) is 4.79 Å². The molecule has 48 heavy (non-hydrogen) atoms. The number of nitrogens with one attached hydrogen (secondary N) is 4. The maximum absolute atomic E-state index is 14.3. The predicted octanol–water partition coefficient (Wildman–Crippen LogP) is 3.23. The van der Waals surface area contributed by atoms with E-state index in [0.717, 1.165) is 37.7 Å². The molecule has 1 aromatic rings. The van der Waals surface area contributed by atoms with Crippen LogP contribution in [0.25, 0.3) is 0 Å². The molecule has 264 valence electrons. The van der Waals surface area contributed by atoms with Crippen molar-refractivity contribution in [2.24, 2.45) is 23.2 Å². The fraction of sp³-hybridized carbons (Fsp3) is 0.667. The number of amides is 5. The van der Waals surface area contributed by atoms with E-state index in [4.69, 9.17) is 4.74 Å². The lowest BCUT2D eigenvalue weighted by Gasteiger charge is -2.37. The van der Waals surface area contributed by atoms with Gasteiger partial charge in [-0.3, -0.25) is 24.0 Å². The molecule has 5 atom stereocenters. The Labute approximate surface area is 283 Å². The number of hydrogen-bond acceptors (Lipinski definition) is 7. The summed E-state index contributed by atoms with van der Waals surface area (Å²) in [6.45, 7) is 11.5. The lowest BCUT2D eigenvalue weighted by Crippen LogP contribution is -2.60. The van der Waals surface area contributed by atoms with E-state index in [1.807, 2.05) is 37.3 Å². The molecule has 4 rings (SSSR count). The van der Waals surface area contributed by atoms with Crippen LogP contribution in [0.3, 0.4) is 0 Å². The summed E-state index contributed by atoms with van der Waals surface area (Å²) >= 11 is 0. The Hall–Kier alpha value is -3.96. The van der Waals surface area contributed by atoms with Crippen molar-refractivity contribution in [1.29, 1.82) is 0 Å². The molecule has 12 heteroatoms. The third-order valence-electron chi connectivity index (χ3n) is 10.00. The average Bonchev–Trinajstić information content (AvgIpc) is 3.34. The Morgan fingerprint density at radius 1 is 0.958 bits per heavy atom. The first kappa shape index (κ1) is 36.9. The van der Waals surface area contributed by atoms with Crippen molar-refractivity contribution < 1.29 is 33.5 Å². The van der Waals surface area contributed by atoms with Crippen LogP contribution in [0.2, 0.25) is 0 Å². The van der Waals surface area contributed by atoms with Gasteiger partial charge >= 0.3 is 6.09 Å².